The van der Waals surface area contributed by atoms with Crippen molar-refractivity contribution in [3.63, 3.8) is 0 Å². The Balaban J connectivity index is 2.03. The number of ether oxygens (including phenoxy) is 2. The van der Waals surface area contributed by atoms with Gasteiger partial charge in [0.2, 0.25) is 0 Å². The molecule has 1 saturated heterocycles. The second kappa shape index (κ2) is 5.48. The molecule has 0 amide bonds. The first-order chi connectivity index (χ1) is 9.07. The molecule has 0 spiro atoms. The minimum absolute atomic E-state index is 0.281. The Morgan fingerprint density at radius 3 is 2.47 bits per heavy atom. The summed E-state index contributed by atoms with van der Waals surface area (Å²) in [5.41, 5.74) is 0.198. The maximum atomic E-state index is 11.3. The van der Waals surface area contributed by atoms with Crippen molar-refractivity contribution in [2.24, 2.45) is 5.41 Å². The number of nitrogens with zero attached hydrogens (tertiary/aromatic N) is 1. The van der Waals surface area contributed by atoms with E-state index in [-0.39, 0.29) is 13.2 Å². The van der Waals surface area contributed by atoms with E-state index in [9.17, 15) is 9.90 Å². The van der Waals surface area contributed by atoms with Crippen molar-refractivity contribution in [3.05, 3.63) is 24.3 Å². The van der Waals surface area contributed by atoms with Gasteiger partial charge in [0, 0.05) is 19.3 Å². The Labute approximate surface area is 112 Å². The quantitative estimate of drug-likeness (QED) is 0.847. The van der Waals surface area contributed by atoms with E-state index in [0.717, 1.165) is 11.4 Å². The fourth-order valence-corrected chi connectivity index (χ4v) is 2.14. The highest BCUT2D eigenvalue weighted by Gasteiger charge is 2.47. The van der Waals surface area contributed by atoms with E-state index < -0.39 is 11.4 Å². The van der Waals surface area contributed by atoms with Crippen LogP contribution in [0.4, 0.5) is 5.69 Å². The zero-order chi connectivity index (χ0) is 13.9. The van der Waals surface area contributed by atoms with Crippen LogP contribution in [0.25, 0.3) is 0 Å². The number of hydrogen-bond donors (Lipinski definition) is 1. The third kappa shape index (κ3) is 2.81. The van der Waals surface area contributed by atoms with Crippen molar-refractivity contribution in [3.8, 4) is 5.75 Å². The Morgan fingerprint density at radius 2 is 2.05 bits per heavy atom. The van der Waals surface area contributed by atoms with E-state index in [1.165, 1.54) is 0 Å². The molecule has 5 nitrogen and oxygen atoms in total. The minimum Gasteiger partial charge on any atom is -0.494 e. The highest BCUT2D eigenvalue weighted by Crippen LogP contribution is 2.30. The van der Waals surface area contributed by atoms with E-state index in [1.807, 2.05) is 43.1 Å². The Kier molecular flexibility index (Phi) is 3.95. The molecule has 2 rings (SSSR count). The van der Waals surface area contributed by atoms with Crippen molar-refractivity contribution in [2.75, 3.05) is 38.3 Å². The second-order valence-electron chi connectivity index (χ2n) is 4.86. The normalized spacial score (nSPS) is 16.5. The smallest absolute Gasteiger partial charge is 0.316 e. The molecule has 0 radical (unpaired) electrons. The van der Waals surface area contributed by atoms with Gasteiger partial charge in [0.05, 0.1) is 19.8 Å². The average Bonchev–Trinajstić information content (AvgIpc) is 2.34. The van der Waals surface area contributed by atoms with Gasteiger partial charge in [0.1, 0.15) is 11.2 Å². The van der Waals surface area contributed by atoms with Crippen LogP contribution in [0.3, 0.4) is 0 Å². The lowest BCUT2D eigenvalue weighted by atomic mass is 9.85. The topological polar surface area (TPSA) is 59.0 Å². The van der Waals surface area contributed by atoms with E-state index in [2.05, 4.69) is 0 Å². The van der Waals surface area contributed by atoms with Crippen LogP contribution in [0.5, 0.6) is 5.75 Å². The summed E-state index contributed by atoms with van der Waals surface area (Å²) in [5.74, 6) is 0.0242. The van der Waals surface area contributed by atoms with Gasteiger partial charge in [-0.25, -0.2) is 0 Å². The monoisotopic (exact) mass is 265 g/mol. The summed E-state index contributed by atoms with van der Waals surface area (Å²) in [7, 11) is 1.89. The summed E-state index contributed by atoms with van der Waals surface area (Å²) in [6.07, 6.45) is 0. The van der Waals surface area contributed by atoms with Gasteiger partial charge in [-0.05, 0) is 31.2 Å². The molecule has 1 N–H and O–H groups in total. The highest BCUT2D eigenvalue weighted by molar-refractivity contribution is 5.77. The number of carbonyl (C=O) groups is 1. The molecule has 0 saturated carbocycles. The molecule has 0 atom stereocenters. The molecule has 0 aliphatic carbocycles. The number of aliphatic carboxylic acids is 1. The molecule has 0 bridgehead atoms. The third-order valence-corrected chi connectivity index (χ3v) is 3.34. The van der Waals surface area contributed by atoms with E-state index in [4.69, 9.17) is 9.47 Å². The molecule has 19 heavy (non-hydrogen) atoms. The molecule has 1 fully saturated rings. The maximum Gasteiger partial charge on any atom is 0.316 e. The zero-order valence-corrected chi connectivity index (χ0v) is 11.3. The van der Waals surface area contributed by atoms with Crippen LogP contribution < -0.4 is 9.64 Å². The van der Waals surface area contributed by atoms with Crippen LogP contribution in [0.1, 0.15) is 6.92 Å². The standard InChI is InChI=1S/C14H19NO4/c1-3-19-12-6-4-11(5-7-12)15(2)8-14(13(16)17)9-18-10-14/h4-7H,3,8-10H2,1-2H3,(H,16,17). The molecular formula is C14H19NO4. The molecule has 1 aromatic rings. The van der Waals surface area contributed by atoms with Gasteiger partial charge in [-0.2, -0.15) is 0 Å². The summed E-state index contributed by atoms with van der Waals surface area (Å²) < 4.78 is 10.4. The molecule has 1 aliphatic heterocycles. The molecule has 0 aromatic heterocycles. The largest absolute Gasteiger partial charge is 0.494 e. The van der Waals surface area contributed by atoms with Gasteiger partial charge in [0.15, 0.2) is 0 Å². The molecule has 104 valence electrons. The van der Waals surface area contributed by atoms with E-state index in [0.29, 0.717) is 13.2 Å². The fraction of sp³-hybridized carbons (Fsp3) is 0.500. The van der Waals surface area contributed by atoms with E-state index in [1.54, 1.807) is 0 Å². The Hall–Kier alpha value is -1.75. The van der Waals surface area contributed by atoms with Crippen LogP contribution in [0, 0.1) is 5.41 Å². The maximum absolute atomic E-state index is 11.3. The molecule has 1 aromatic carbocycles. The molecular weight excluding hydrogens is 246 g/mol. The first-order valence-corrected chi connectivity index (χ1v) is 6.32. The number of carboxylic acids is 1. The number of anilines is 1. The van der Waals surface area contributed by atoms with Crippen LogP contribution in [0.2, 0.25) is 0 Å². The Morgan fingerprint density at radius 1 is 1.42 bits per heavy atom. The lowest BCUT2D eigenvalue weighted by Crippen LogP contribution is -2.55. The zero-order valence-electron chi connectivity index (χ0n) is 11.3. The predicted molar refractivity (Wildman–Crippen MR) is 71.8 cm³/mol. The summed E-state index contributed by atoms with van der Waals surface area (Å²) in [4.78, 5) is 13.2. The lowest BCUT2D eigenvalue weighted by molar-refractivity contribution is -0.177. The van der Waals surface area contributed by atoms with Gasteiger partial charge in [-0.1, -0.05) is 0 Å². The summed E-state index contributed by atoms with van der Waals surface area (Å²) in [6, 6.07) is 7.64. The van der Waals surface area contributed by atoms with Crippen molar-refractivity contribution >= 4 is 11.7 Å². The van der Waals surface area contributed by atoms with Crippen molar-refractivity contribution in [1.29, 1.82) is 0 Å². The van der Waals surface area contributed by atoms with Gasteiger partial charge in [0.25, 0.3) is 0 Å². The van der Waals surface area contributed by atoms with Gasteiger partial charge < -0.3 is 19.5 Å². The second-order valence-corrected chi connectivity index (χ2v) is 4.86. The molecule has 5 heteroatoms. The average molecular weight is 265 g/mol. The fourth-order valence-electron chi connectivity index (χ4n) is 2.14. The van der Waals surface area contributed by atoms with Crippen molar-refractivity contribution in [1.82, 2.24) is 0 Å². The molecule has 1 heterocycles. The van der Waals surface area contributed by atoms with Gasteiger partial charge in [-0.15, -0.1) is 0 Å². The summed E-state index contributed by atoms with van der Waals surface area (Å²) in [6.45, 7) is 3.58. The van der Waals surface area contributed by atoms with Gasteiger partial charge >= 0.3 is 5.97 Å². The third-order valence-electron chi connectivity index (χ3n) is 3.34. The van der Waals surface area contributed by atoms with Crippen LogP contribution in [-0.2, 0) is 9.53 Å². The van der Waals surface area contributed by atoms with Crippen molar-refractivity contribution < 1.29 is 19.4 Å². The van der Waals surface area contributed by atoms with Crippen molar-refractivity contribution in [2.45, 2.75) is 6.92 Å². The Bertz CT molecular complexity index is 439. The number of rotatable bonds is 6. The molecule has 1 aliphatic rings. The summed E-state index contributed by atoms with van der Waals surface area (Å²) in [5, 5.41) is 9.27. The first-order valence-electron chi connectivity index (χ1n) is 6.32. The first kappa shape index (κ1) is 13.7. The SMILES string of the molecule is CCOc1ccc(N(C)CC2(C(=O)O)COC2)cc1. The number of carboxylic acid groups (broad SMARTS) is 1. The van der Waals surface area contributed by atoms with E-state index >= 15 is 0 Å². The molecule has 0 unspecified atom stereocenters. The number of hydrogen-bond acceptors (Lipinski definition) is 4. The van der Waals surface area contributed by atoms with Crippen LogP contribution in [0.15, 0.2) is 24.3 Å². The lowest BCUT2D eigenvalue weighted by Gasteiger charge is -2.40. The van der Waals surface area contributed by atoms with Crippen LogP contribution in [-0.4, -0.2) is 44.5 Å². The highest BCUT2D eigenvalue weighted by atomic mass is 16.5. The number of benzene rings is 1. The minimum atomic E-state index is -0.795. The van der Waals surface area contributed by atoms with Gasteiger partial charge in [-0.3, -0.25) is 4.79 Å². The predicted octanol–water partition coefficient (Wildman–Crippen LogP) is 1.62. The van der Waals surface area contributed by atoms with Crippen LogP contribution >= 0.6 is 0 Å². The summed E-state index contributed by atoms with van der Waals surface area (Å²) >= 11 is 0.